The third-order valence-corrected chi connectivity index (χ3v) is 6.40. The third-order valence-electron chi connectivity index (χ3n) is 5.99. The lowest BCUT2D eigenvalue weighted by molar-refractivity contribution is -0.122. The molecule has 184 valence electrons. The SMILES string of the molecule is CCOC(=O)c1ccc(-n2c(C)cc(/C=C3\C(=O)NC(=O)N(c4cccc(Cl)c4C)C3=O)c2C)cc1. The molecule has 8 nitrogen and oxygen atoms in total. The summed E-state index contributed by atoms with van der Waals surface area (Å²) in [6, 6.07) is 12.8. The summed E-state index contributed by atoms with van der Waals surface area (Å²) in [5.74, 6) is -1.91. The standard InChI is InChI=1S/C27H24ClN3O5/c1-5-36-26(34)18-9-11-20(12-10-18)30-15(2)13-19(17(30)4)14-21-24(32)29-27(35)31(25(21)33)23-8-6-7-22(28)16(23)3/h6-14H,5H2,1-4H3,(H,29,32,35)/b21-14+. The lowest BCUT2D eigenvalue weighted by Crippen LogP contribution is -2.54. The quantitative estimate of drug-likeness (QED) is 0.302. The normalized spacial score (nSPS) is 14.9. The molecule has 0 bridgehead atoms. The molecule has 1 aliphatic rings. The van der Waals surface area contributed by atoms with Crippen molar-refractivity contribution in [1.29, 1.82) is 0 Å². The maximum atomic E-state index is 13.3. The molecular formula is C27H24ClN3O5. The number of esters is 1. The van der Waals surface area contributed by atoms with E-state index in [2.05, 4.69) is 5.32 Å². The van der Waals surface area contributed by atoms with Crippen LogP contribution in [0.5, 0.6) is 0 Å². The molecule has 3 aromatic rings. The van der Waals surface area contributed by atoms with Crippen LogP contribution < -0.4 is 10.2 Å². The third kappa shape index (κ3) is 4.43. The van der Waals surface area contributed by atoms with Gasteiger partial charge in [0.2, 0.25) is 0 Å². The Morgan fingerprint density at radius 3 is 2.42 bits per heavy atom. The molecule has 1 fully saturated rings. The van der Waals surface area contributed by atoms with Crippen molar-refractivity contribution in [2.45, 2.75) is 27.7 Å². The number of hydrogen-bond acceptors (Lipinski definition) is 5. The van der Waals surface area contributed by atoms with Gasteiger partial charge < -0.3 is 9.30 Å². The Hall–Kier alpha value is -4.17. The number of carbonyl (C=O) groups excluding carboxylic acids is 4. The topological polar surface area (TPSA) is 97.7 Å². The predicted octanol–water partition coefficient (Wildman–Crippen LogP) is 4.90. The smallest absolute Gasteiger partial charge is 0.338 e. The van der Waals surface area contributed by atoms with Crippen LogP contribution in [-0.4, -0.2) is 35.0 Å². The summed E-state index contributed by atoms with van der Waals surface area (Å²) in [6.45, 7) is 7.48. The number of hydrogen-bond donors (Lipinski definition) is 1. The fourth-order valence-corrected chi connectivity index (χ4v) is 4.33. The summed E-state index contributed by atoms with van der Waals surface area (Å²) in [5, 5.41) is 2.64. The highest BCUT2D eigenvalue weighted by Crippen LogP contribution is 2.30. The highest BCUT2D eigenvalue weighted by molar-refractivity contribution is 6.40. The molecule has 0 unspecified atom stereocenters. The van der Waals surface area contributed by atoms with E-state index in [1.807, 2.05) is 24.5 Å². The van der Waals surface area contributed by atoms with E-state index in [0.29, 0.717) is 34.0 Å². The number of imide groups is 2. The number of aromatic nitrogens is 1. The monoisotopic (exact) mass is 505 g/mol. The lowest BCUT2D eigenvalue weighted by atomic mass is 10.1. The Morgan fingerprint density at radius 1 is 1.06 bits per heavy atom. The van der Waals surface area contributed by atoms with Crippen LogP contribution in [0.1, 0.15) is 39.8 Å². The molecule has 0 spiro atoms. The molecule has 1 aliphatic heterocycles. The van der Waals surface area contributed by atoms with Crippen LogP contribution in [0, 0.1) is 20.8 Å². The minimum absolute atomic E-state index is 0.174. The second-order valence-electron chi connectivity index (χ2n) is 8.27. The van der Waals surface area contributed by atoms with Crippen molar-refractivity contribution in [1.82, 2.24) is 9.88 Å². The highest BCUT2D eigenvalue weighted by Gasteiger charge is 2.37. The minimum atomic E-state index is -0.834. The first-order valence-corrected chi connectivity index (χ1v) is 11.6. The fraction of sp³-hybridized carbons (Fsp3) is 0.185. The Bertz CT molecular complexity index is 1440. The zero-order valence-electron chi connectivity index (χ0n) is 20.2. The van der Waals surface area contributed by atoms with E-state index < -0.39 is 23.8 Å². The molecule has 0 atom stereocenters. The lowest BCUT2D eigenvalue weighted by Gasteiger charge is -2.27. The van der Waals surface area contributed by atoms with Crippen LogP contribution in [0.3, 0.4) is 0 Å². The second kappa shape index (κ2) is 9.83. The maximum Gasteiger partial charge on any atom is 0.338 e. The molecule has 2 heterocycles. The average molecular weight is 506 g/mol. The molecule has 36 heavy (non-hydrogen) atoms. The van der Waals surface area contributed by atoms with Crippen molar-refractivity contribution in [2.24, 2.45) is 0 Å². The fourth-order valence-electron chi connectivity index (χ4n) is 4.16. The van der Waals surface area contributed by atoms with Gasteiger partial charge in [0.1, 0.15) is 5.57 Å². The van der Waals surface area contributed by atoms with Gasteiger partial charge in [0.05, 0.1) is 17.9 Å². The molecule has 0 saturated carbocycles. The number of benzene rings is 2. The van der Waals surface area contributed by atoms with E-state index in [9.17, 15) is 19.2 Å². The van der Waals surface area contributed by atoms with Crippen LogP contribution in [-0.2, 0) is 14.3 Å². The van der Waals surface area contributed by atoms with E-state index in [0.717, 1.165) is 22.0 Å². The van der Waals surface area contributed by atoms with Crippen molar-refractivity contribution in [3.8, 4) is 5.69 Å². The number of carbonyl (C=O) groups is 4. The first-order valence-electron chi connectivity index (χ1n) is 11.3. The summed E-state index contributed by atoms with van der Waals surface area (Å²) in [4.78, 5) is 51.4. The number of nitrogens with one attached hydrogen (secondary N) is 1. The molecule has 0 radical (unpaired) electrons. The van der Waals surface area contributed by atoms with Crippen molar-refractivity contribution in [3.63, 3.8) is 0 Å². The molecule has 1 N–H and O–H groups in total. The predicted molar refractivity (Wildman–Crippen MR) is 136 cm³/mol. The van der Waals surface area contributed by atoms with E-state index in [-0.39, 0.29) is 5.57 Å². The number of urea groups is 1. The first kappa shape index (κ1) is 24.9. The second-order valence-corrected chi connectivity index (χ2v) is 8.68. The van der Waals surface area contributed by atoms with Crippen LogP contribution in [0.4, 0.5) is 10.5 Å². The Balaban J connectivity index is 1.72. The van der Waals surface area contributed by atoms with Crippen molar-refractivity contribution >= 4 is 47.2 Å². The molecular weight excluding hydrogens is 482 g/mol. The van der Waals surface area contributed by atoms with Gasteiger partial charge in [-0.3, -0.25) is 14.9 Å². The van der Waals surface area contributed by atoms with Crippen molar-refractivity contribution in [3.05, 3.63) is 87.2 Å². The zero-order valence-corrected chi connectivity index (χ0v) is 21.0. The largest absolute Gasteiger partial charge is 0.462 e. The van der Waals surface area contributed by atoms with Crippen LogP contribution in [0.2, 0.25) is 5.02 Å². The summed E-state index contributed by atoms with van der Waals surface area (Å²) in [5.41, 5.74) is 4.17. The average Bonchev–Trinajstić information content (AvgIpc) is 3.12. The molecule has 9 heteroatoms. The molecule has 0 aliphatic carbocycles. The Labute approximate surface area is 213 Å². The summed E-state index contributed by atoms with van der Waals surface area (Å²) < 4.78 is 6.97. The van der Waals surface area contributed by atoms with Crippen molar-refractivity contribution in [2.75, 3.05) is 11.5 Å². The Morgan fingerprint density at radius 2 is 1.75 bits per heavy atom. The highest BCUT2D eigenvalue weighted by atomic mass is 35.5. The van der Waals surface area contributed by atoms with Crippen LogP contribution in [0.15, 0.2) is 54.1 Å². The maximum absolute atomic E-state index is 13.3. The summed E-state index contributed by atoms with van der Waals surface area (Å²) in [7, 11) is 0. The van der Waals surface area contributed by atoms with Gasteiger partial charge in [-0.1, -0.05) is 17.7 Å². The number of ether oxygens (including phenoxy) is 1. The zero-order chi connectivity index (χ0) is 26.1. The van der Waals surface area contributed by atoms with Gasteiger partial charge in [-0.2, -0.15) is 0 Å². The van der Waals surface area contributed by atoms with Gasteiger partial charge in [-0.05, 0) is 87.4 Å². The van der Waals surface area contributed by atoms with Gasteiger partial charge in [-0.15, -0.1) is 0 Å². The molecule has 1 saturated heterocycles. The number of amides is 4. The van der Waals surface area contributed by atoms with Gasteiger partial charge in [0, 0.05) is 22.1 Å². The van der Waals surface area contributed by atoms with Gasteiger partial charge >= 0.3 is 12.0 Å². The van der Waals surface area contributed by atoms with Crippen LogP contribution in [0.25, 0.3) is 11.8 Å². The van der Waals surface area contributed by atoms with E-state index in [1.54, 1.807) is 56.3 Å². The molecule has 4 rings (SSSR count). The summed E-state index contributed by atoms with van der Waals surface area (Å²) >= 11 is 6.19. The molecule has 1 aromatic heterocycles. The number of halogens is 1. The first-order chi connectivity index (χ1) is 17.1. The number of nitrogens with zero attached hydrogens (tertiary/aromatic N) is 2. The Kier molecular flexibility index (Phi) is 6.81. The summed E-state index contributed by atoms with van der Waals surface area (Å²) in [6.07, 6.45) is 1.48. The van der Waals surface area contributed by atoms with Gasteiger partial charge in [0.25, 0.3) is 11.8 Å². The minimum Gasteiger partial charge on any atom is -0.462 e. The van der Waals surface area contributed by atoms with Gasteiger partial charge in [0.15, 0.2) is 0 Å². The molecule has 2 aromatic carbocycles. The van der Waals surface area contributed by atoms with E-state index in [1.165, 1.54) is 6.08 Å². The number of anilines is 1. The number of barbiturate groups is 1. The van der Waals surface area contributed by atoms with E-state index >= 15 is 0 Å². The van der Waals surface area contributed by atoms with Crippen LogP contribution >= 0.6 is 11.6 Å². The number of rotatable bonds is 5. The van der Waals surface area contributed by atoms with E-state index in [4.69, 9.17) is 16.3 Å². The number of aryl methyl sites for hydroxylation is 1. The van der Waals surface area contributed by atoms with Gasteiger partial charge in [-0.25, -0.2) is 14.5 Å². The molecule has 4 amide bonds. The van der Waals surface area contributed by atoms with Crippen molar-refractivity contribution < 1.29 is 23.9 Å².